The quantitative estimate of drug-likeness (QED) is 0.632. The summed E-state index contributed by atoms with van der Waals surface area (Å²) < 4.78 is 0.727. The van der Waals surface area contributed by atoms with E-state index in [1.165, 1.54) is 11.3 Å². The van der Waals surface area contributed by atoms with Gasteiger partial charge in [-0.05, 0) is 12.1 Å². The first-order valence-electron chi connectivity index (χ1n) is 3.93. The Kier molecular flexibility index (Phi) is 2.40. The maximum atomic E-state index is 9.10. The zero-order chi connectivity index (χ0) is 10.3. The second-order valence-corrected chi connectivity index (χ2v) is 4.39. The fraction of sp³-hybridized carbons (Fsp3) is 0. The lowest BCUT2D eigenvalue weighted by molar-refractivity contribution is 0.426. The number of nitrogen functional groups attached to an aromatic ring is 1. The number of nitrogens with two attached hydrogens (primary N) is 1. The number of hydrogen-bond donors (Lipinski definition) is 3. The molecule has 0 unspecified atom stereocenters. The minimum atomic E-state index is -1.49. The van der Waals surface area contributed by atoms with Gasteiger partial charge in [0.2, 0.25) is 0 Å². The lowest BCUT2D eigenvalue weighted by Gasteiger charge is -2.01. The third-order valence-corrected chi connectivity index (χ3v) is 3.30. The van der Waals surface area contributed by atoms with Crippen LogP contribution in [0.2, 0.25) is 5.02 Å². The van der Waals surface area contributed by atoms with E-state index in [4.69, 9.17) is 27.4 Å². The molecule has 0 aliphatic heterocycles. The van der Waals surface area contributed by atoms with Crippen LogP contribution >= 0.6 is 22.9 Å². The van der Waals surface area contributed by atoms with Crippen LogP contribution in [-0.4, -0.2) is 17.2 Å². The summed E-state index contributed by atoms with van der Waals surface area (Å²) in [6, 6.07) is 4.95. The van der Waals surface area contributed by atoms with Gasteiger partial charge in [-0.25, -0.2) is 0 Å². The van der Waals surface area contributed by atoms with Crippen LogP contribution in [0.25, 0.3) is 10.1 Å². The number of anilines is 1. The number of benzene rings is 1. The zero-order valence-corrected chi connectivity index (χ0v) is 8.64. The molecule has 1 aromatic carbocycles. The zero-order valence-electron chi connectivity index (χ0n) is 7.07. The van der Waals surface area contributed by atoms with Crippen LogP contribution in [0.4, 0.5) is 5.00 Å². The first kappa shape index (κ1) is 9.80. The highest BCUT2D eigenvalue weighted by molar-refractivity contribution is 7.24. The number of rotatable bonds is 1. The summed E-state index contributed by atoms with van der Waals surface area (Å²) in [5.41, 5.74) is 6.06. The van der Waals surface area contributed by atoms with Crippen molar-refractivity contribution in [2.45, 2.75) is 0 Å². The van der Waals surface area contributed by atoms with Crippen molar-refractivity contribution in [2.75, 3.05) is 5.73 Å². The van der Waals surface area contributed by atoms with E-state index in [-0.39, 0.29) is 0 Å². The van der Waals surface area contributed by atoms with Crippen LogP contribution in [-0.2, 0) is 0 Å². The van der Waals surface area contributed by atoms with Crippen molar-refractivity contribution in [1.82, 2.24) is 0 Å². The molecule has 72 valence electrons. The molecular formula is C8H7BClNO2S. The van der Waals surface area contributed by atoms with Gasteiger partial charge < -0.3 is 15.8 Å². The summed E-state index contributed by atoms with van der Waals surface area (Å²) in [4.78, 5) is 0. The third kappa shape index (κ3) is 1.48. The largest absolute Gasteiger partial charge is 0.489 e. The van der Waals surface area contributed by atoms with Crippen LogP contribution in [0, 0.1) is 0 Å². The molecule has 14 heavy (non-hydrogen) atoms. The summed E-state index contributed by atoms with van der Waals surface area (Å²) >= 11 is 7.23. The summed E-state index contributed by atoms with van der Waals surface area (Å²) in [7, 11) is -1.49. The van der Waals surface area contributed by atoms with Crippen LogP contribution in [0.3, 0.4) is 0 Å². The van der Waals surface area contributed by atoms with E-state index in [2.05, 4.69) is 0 Å². The van der Waals surface area contributed by atoms with Crippen molar-refractivity contribution in [3.63, 3.8) is 0 Å². The summed E-state index contributed by atoms with van der Waals surface area (Å²) in [6.45, 7) is 0. The maximum absolute atomic E-state index is 9.10. The van der Waals surface area contributed by atoms with Crippen LogP contribution in [0.5, 0.6) is 0 Å². The van der Waals surface area contributed by atoms with Crippen molar-refractivity contribution >= 4 is 50.6 Å². The first-order chi connectivity index (χ1) is 6.59. The molecule has 0 spiro atoms. The molecule has 0 saturated carbocycles. The molecule has 2 rings (SSSR count). The monoisotopic (exact) mass is 227 g/mol. The second-order valence-electron chi connectivity index (χ2n) is 2.90. The van der Waals surface area contributed by atoms with Gasteiger partial charge in [0.25, 0.3) is 0 Å². The molecule has 0 aliphatic rings. The minimum Gasteiger partial charge on any atom is -0.423 e. The molecule has 0 bridgehead atoms. The Balaban J connectivity index is 2.81. The van der Waals surface area contributed by atoms with Gasteiger partial charge in [0, 0.05) is 20.6 Å². The van der Waals surface area contributed by atoms with Crippen molar-refractivity contribution in [3.8, 4) is 0 Å². The predicted molar refractivity (Wildman–Crippen MR) is 61.1 cm³/mol. The smallest absolute Gasteiger partial charge is 0.423 e. The molecule has 0 atom stereocenters. The number of thiophene rings is 1. The molecular weight excluding hydrogens is 220 g/mol. The average molecular weight is 227 g/mol. The molecule has 0 aliphatic carbocycles. The molecule has 6 heteroatoms. The number of halogens is 1. The first-order valence-corrected chi connectivity index (χ1v) is 5.12. The van der Waals surface area contributed by atoms with E-state index >= 15 is 0 Å². The van der Waals surface area contributed by atoms with E-state index in [0.29, 0.717) is 15.5 Å². The molecule has 2 aromatic rings. The van der Waals surface area contributed by atoms with Gasteiger partial charge in [0.05, 0.1) is 5.00 Å². The van der Waals surface area contributed by atoms with Gasteiger partial charge in [-0.3, -0.25) is 0 Å². The van der Waals surface area contributed by atoms with Gasteiger partial charge in [-0.15, -0.1) is 11.3 Å². The van der Waals surface area contributed by atoms with Crippen LogP contribution < -0.4 is 11.2 Å². The highest BCUT2D eigenvalue weighted by Gasteiger charge is 2.17. The van der Waals surface area contributed by atoms with Gasteiger partial charge in [-0.2, -0.15) is 0 Å². The molecule has 1 heterocycles. The maximum Gasteiger partial charge on any atom is 0.489 e. The molecule has 0 amide bonds. The molecule has 0 saturated heterocycles. The van der Waals surface area contributed by atoms with Crippen LogP contribution in [0.15, 0.2) is 18.2 Å². The van der Waals surface area contributed by atoms with Gasteiger partial charge in [0.15, 0.2) is 0 Å². The lowest BCUT2D eigenvalue weighted by Crippen LogP contribution is -2.29. The van der Waals surface area contributed by atoms with E-state index in [1.807, 2.05) is 0 Å². The Labute approximate surface area is 89.9 Å². The second kappa shape index (κ2) is 3.44. The Morgan fingerprint density at radius 2 is 2.07 bits per heavy atom. The van der Waals surface area contributed by atoms with Crippen molar-refractivity contribution in [3.05, 3.63) is 23.2 Å². The lowest BCUT2D eigenvalue weighted by atomic mass is 9.80. The topological polar surface area (TPSA) is 66.5 Å². The summed E-state index contributed by atoms with van der Waals surface area (Å²) in [5.74, 6) is 0. The molecule has 0 fully saturated rings. The molecule has 1 aromatic heterocycles. The van der Waals surface area contributed by atoms with E-state index in [1.54, 1.807) is 18.2 Å². The predicted octanol–water partition coefficient (Wildman–Crippen LogP) is 0.817. The Morgan fingerprint density at radius 1 is 1.36 bits per heavy atom. The van der Waals surface area contributed by atoms with Gasteiger partial charge >= 0.3 is 7.12 Å². The highest BCUT2D eigenvalue weighted by atomic mass is 35.5. The number of fused-ring (bicyclic) bond motifs is 1. The summed E-state index contributed by atoms with van der Waals surface area (Å²) in [5, 5.41) is 20.1. The highest BCUT2D eigenvalue weighted by Crippen LogP contribution is 2.31. The molecule has 0 radical (unpaired) electrons. The van der Waals surface area contributed by atoms with Gasteiger partial charge in [0.1, 0.15) is 0 Å². The third-order valence-electron chi connectivity index (χ3n) is 1.96. The fourth-order valence-corrected chi connectivity index (χ4v) is 2.58. The Hall–Kier alpha value is -0.745. The van der Waals surface area contributed by atoms with Crippen molar-refractivity contribution in [2.24, 2.45) is 0 Å². The van der Waals surface area contributed by atoms with Crippen molar-refractivity contribution < 1.29 is 10.0 Å². The van der Waals surface area contributed by atoms with E-state index in [0.717, 1.165) is 10.1 Å². The normalized spacial score (nSPS) is 10.8. The molecule has 3 nitrogen and oxygen atoms in total. The summed E-state index contributed by atoms with van der Waals surface area (Å²) in [6.07, 6.45) is 0. The van der Waals surface area contributed by atoms with E-state index < -0.39 is 7.12 Å². The van der Waals surface area contributed by atoms with E-state index in [9.17, 15) is 0 Å². The van der Waals surface area contributed by atoms with Crippen LogP contribution in [0.1, 0.15) is 0 Å². The minimum absolute atomic E-state index is 0.436. The number of hydrogen-bond acceptors (Lipinski definition) is 4. The standard InChI is InChI=1S/C8H7BClNO2S/c10-6-2-1-5(9(12)13)8-4(6)3-7(11)14-8/h1-3,12-13H,11H2. The Bertz CT molecular complexity index is 485. The fourth-order valence-electron chi connectivity index (χ4n) is 1.33. The molecule has 4 N–H and O–H groups in total. The van der Waals surface area contributed by atoms with Gasteiger partial charge in [-0.1, -0.05) is 17.7 Å². The van der Waals surface area contributed by atoms with Crippen molar-refractivity contribution in [1.29, 1.82) is 0 Å². The average Bonchev–Trinajstić information content (AvgIpc) is 2.47. The SMILES string of the molecule is Nc1cc2c(Cl)ccc(B(O)O)c2s1. The Morgan fingerprint density at radius 3 is 2.71 bits per heavy atom.